The largest absolute Gasteiger partial charge is 0.460 e. The summed E-state index contributed by atoms with van der Waals surface area (Å²) in [6, 6.07) is 4.34. The molecule has 0 aliphatic rings. The molecule has 0 saturated heterocycles. The lowest BCUT2D eigenvalue weighted by molar-refractivity contribution is -0.137. The maximum atomic E-state index is 12.5. The average molecular weight is 299 g/mol. The SMILES string of the molecule is CCOC(=O)c1oc(-c2ccc(C(F)(F)F)cc2)nc1C. The number of carbonyl (C=O) groups is 1. The number of halogens is 3. The Hall–Kier alpha value is -2.31. The molecule has 1 aromatic carbocycles. The smallest absolute Gasteiger partial charge is 0.416 e. The number of hydrogen-bond acceptors (Lipinski definition) is 4. The topological polar surface area (TPSA) is 52.3 Å². The molecule has 0 atom stereocenters. The molecule has 0 aliphatic heterocycles. The first kappa shape index (κ1) is 15.1. The predicted octanol–water partition coefficient (Wildman–Crippen LogP) is 3.85. The second-order valence-corrected chi connectivity index (χ2v) is 4.23. The van der Waals surface area contributed by atoms with Crippen LogP contribution in [0.5, 0.6) is 0 Å². The molecule has 0 fully saturated rings. The van der Waals surface area contributed by atoms with E-state index in [1.54, 1.807) is 13.8 Å². The molecule has 0 amide bonds. The van der Waals surface area contributed by atoms with Crippen molar-refractivity contribution < 1.29 is 27.1 Å². The number of oxazole rings is 1. The summed E-state index contributed by atoms with van der Waals surface area (Å²) in [5.74, 6) is -0.628. The van der Waals surface area contributed by atoms with Crippen LogP contribution in [0.4, 0.5) is 13.2 Å². The zero-order valence-corrected chi connectivity index (χ0v) is 11.3. The Morgan fingerprint density at radius 1 is 1.29 bits per heavy atom. The minimum Gasteiger partial charge on any atom is -0.460 e. The maximum absolute atomic E-state index is 12.5. The minimum atomic E-state index is -4.40. The molecule has 4 nitrogen and oxygen atoms in total. The van der Waals surface area contributed by atoms with E-state index < -0.39 is 17.7 Å². The first-order chi connectivity index (χ1) is 9.82. The quantitative estimate of drug-likeness (QED) is 0.808. The molecule has 0 radical (unpaired) electrons. The van der Waals surface area contributed by atoms with Gasteiger partial charge >= 0.3 is 12.1 Å². The van der Waals surface area contributed by atoms with Crippen LogP contribution in [0.15, 0.2) is 28.7 Å². The molecular formula is C14H12F3NO3. The first-order valence-corrected chi connectivity index (χ1v) is 6.15. The molecule has 0 aliphatic carbocycles. The zero-order chi connectivity index (χ0) is 15.6. The highest BCUT2D eigenvalue weighted by atomic mass is 19.4. The summed E-state index contributed by atoms with van der Waals surface area (Å²) in [5.41, 5.74) is -0.0925. The third kappa shape index (κ3) is 3.24. The Morgan fingerprint density at radius 3 is 2.43 bits per heavy atom. The number of carbonyl (C=O) groups excluding carboxylic acids is 1. The molecule has 1 heterocycles. The van der Waals surface area contributed by atoms with Gasteiger partial charge in [0.15, 0.2) is 0 Å². The maximum Gasteiger partial charge on any atom is 0.416 e. The van der Waals surface area contributed by atoms with Crippen LogP contribution in [0.2, 0.25) is 0 Å². The lowest BCUT2D eigenvalue weighted by Crippen LogP contribution is -2.04. The molecule has 0 bridgehead atoms. The Kier molecular flexibility index (Phi) is 4.02. The Bertz CT molecular complexity index is 644. The second kappa shape index (κ2) is 5.59. The number of esters is 1. The standard InChI is InChI=1S/C14H12F3NO3/c1-3-20-13(19)11-8(2)18-12(21-11)9-4-6-10(7-5-9)14(15,16)17/h4-7H,3H2,1-2H3. The molecule has 112 valence electrons. The van der Waals surface area contributed by atoms with Crippen LogP contribution in [0.1, 0.15) is 28.7 Å². The summed E-state index contributed by atoms with van der Waals surface area (Å²) in [7, 11) is 0. The van der Waals surface area contributed by atoms with E-state index >= 15 is 0 Å². The third-order valence-electron chi connectivity index (χ3n) is 2.72. The van der Waals surface area contributed by atoms with Crippen molar-refractivity contribution in [2.45, 2.75) is 20.0 Å². The Balaban J connectivity index is 2.31. The average Bonchev–Trinajstić information content (AvgIpc) is 2.80. The Morgan fingerprint density at radius 2 is 1.90 bits per heavy atom. The molecule has 0 unspecified atom stereocenters. The number of alkyl halides is 3. The van der Waals surface area contributed by atoms with E-state index in [9.17, 15) is 18.0 Å². The fraction of sp³-hybridized carbons (Fsp3) is 0.286. The van der Waals surface area contributed by atoms with Crippen LogP contribution >= 0.6 is 0 Å². The Labute approximate surface area is 118 Å². The van der Waals surface area contributed by atoms with Crippen LogP contribution in [0, 0.1) is 6.92 Å². The number of ether oxygens (including phenoxy) is 1. The summed E-state index contributed by atoms with van der Waals surface area (Å²) in [4.78, 5) is 15.6. The number of benzene rings is 1. The van der Waals surface area contributed by atoms with Gasteiger partial charge in [-0.05, 0) is 38.1 Å². The van der Waals surface area contributed by atoms with Gasteiger partial charge in [0.25, 0.3) is 0 Å². The van der Waals surface area contributed by atoms with Gasteiger partial charge < -0.3 is 9.15 Å². The second-order valence-electron chi connectivity index (χ2n) is 4.23. The summed E-state index contributed by atoms with van der Waals surface area (Å²) in [6.45, 7) is 3.40. The number of nitrogens with zero attached hydrogens (tertiary/aromatic N) is 1. The van der Waals surface area contributed by atoms with Crippen LogP contribution in [0.3, 0.4) is 0 Å². The number of hydrogen-bond donors (Lipinski definition) is 0. The highest BCUT2D eigenvalue weighted by Gasteiger charge is 2.30. The van der Waals surface area contributed by atoms with Crippen molar-refractivity contribution >= 4 is 5.97 Å². The van der Waals surface area contributed by atoms with Crippen LogP contribution in [-0.2, 0) is 10.9 Å². The molecule has 0 N–H and O–H groups in total. The van der Waals surface area contributed by atoms with Gasteiger partial charge in [-0.25, -0.2) is 9.78 Å². The van der Waals surface area contributed by atoms with Gasteiger partial charge in [0, 0.05) is 5.56 Å². The number of aromatic nitrogens is 1. The third-order valence-corrected chi connectivity index (χ3v) is 2.72. The van der Waals surface area contributed by atoms with Crippen molar-refractivity contribution in [2.24, 2.45) is 0 Å². The van der Waals surface area contributed by atoms with Gasteiger partial charge in [0.2, 0.25) is 11.7 Å². The van der Waals surface area contributed by atoms with Crippen molar-refractivity contribution in [3.05, 3.63) is 41.3 Å². The van der Waals surface area contributed by atoms with Crippen molar-refractivity contribution in [1.29, 1.82) is 0 Å². The monoisotopic (exact) mass is 299 g/mol. The molecule has 1 aromatic heterocycles. The summed E-state index contributed by atoms with van der Waals surface area (Å²) >= 11 is 0. The van der Waals surface area contributed by atoms with E-state index in [-0.39, 0.29) is 18.3 Å². The fourth-order valence-corrected chi connectivity index (χ4v) is 1.71. The minimum absolute atomic E-state index is 0.0493. The van der Waals surface area contributed by atoms with Crippen LogP contribution in [-0.4, -0.2) is 17.6 Å². The summed E-state index contributed by atoms with van der Waals surface area (Å²) in [6.07, 6.45) is -4.40. The van der Waals surface area contributed by atoms with Gasteiger partial charge in [0.1, 0.15) is 0 Å². The van der Waals surface area contributed by atoms with E-state index in [0.717, 1.165) is 12.1 Å². The molecule has 21 heavy (non-hydrogen) atoms. The molecule has 0 spiro atoms. The molecule has 0 saturated carbocycles. The van der Waals surface area contributed by atoms with Gasteiger partial charge in [0.05, 0.1) is 17.9 Å². The molecular weight excluding hydrogens is 287 g/mol. The lowest BCUT2D eigenvalue weighted by atomic mass is 10.1. The van der Waals surface area contributed by atoms with E-state index in [1.807, 2.05) is 0 Å². The molecule has 7 heteroatoms. The van der Waals surface area contributed by atoms with E-state index in [0.29, 0.717) is 11.3 Å². The summed E-state index contributed by atoms with van der Waals surface area (Å²) < 4.78 is 47.5. The fourth-order valence-electron chi connectivity index (χ4n) is 1.71. The van der Waals surface area contributed by atoms with Crippen molar-refractivity contribution in [3.63, 3.8) is 0 Å². The van der Waals surface area contributed by atoms with Crippen molar-refractivity contribution in [2.75, 3.05) is 6.61 Å². The highest BCUT2D eigenvalue weighted by molar-refractivity contribution is 5.87. The van der Waals surface area contributed by atoms with Crippen LogP contribution in [0.25, 0.3) is 11.5 Å². The van der Waals surface area contributed by atoms with E-state index in [4.69, 9.17) is 9.15 Å². The van der Waals surface area contributed by atoms with Gasteiger partial charge in [-0.3, -0.25) is 0 Å². The lowest BCUT2D eigenvalue weighted by Gasteiger charge is -2.06. The normalized spacial score (nSPS) is 11.5. The van der Waals surface area contributed by atoms with Gasteiger partial charge in [-0.1, -0.05) is 0 Å². The zero-order valence-electron chi connectivity index (χ0n) is 11.3. The van der Waals surface area contributed by atoms with E-state index in [2.05, 4.69) is 4.98 Å². The summed E-state index contributed by atoms with van der Waals surface area (Å²) in [5, 5.41) is 0. The van der Waals surface area contributed by atoms with E-state index in [1.165, 1.54) is 12.1 Å². The first-order valence-electron chi connectivity index (χ1n) is 6.15. The predicted molar refractivity (Wildman–Crippen MR) is 67.6 cm³/mol. The van der Waals surface area contributed by atoms with Crippen LogP contribution < -0.4 is 0 Å². The number of rotatable bonds is 3. The van der Waals surface area contributed by atoms with Gasteiger partial charge in [-0.2, -0.15) is 13.2 Å². The van der Waals surface area contributed by atoms with Crippen molar-refractivity contribution in [3.8, 4) is 11.5 Å². The van der Waals surface area contributed by atoms with Gasteiger partial charge in [-0.15, -0.1) is 0 Å². The van der Waals surface area contributed by atoms with Crippen molar-refractivity contribution in [1.82, 2.24) is 4.98 Å². The number of aryl methyl sites for hydroxylation is 1. The highest BCUT2D eigenvalue weighted by Crippen LogP contribution is 2.31. The molecule has 2 rings (SSSR count). The molecule has 2 aromatic rings.